The molecule has 21 heavy (non-hydrogen) atoms. The standard InChI is InChI=1S/C15H18ClIN4/c1-3-5-13-20-14(18-4-2)9-15(21-13)19-12-7-6-10(17)8-11(12)16/h6-9H,3-5H2,1-2H3,(H2,18,19,20,21). The molecule has 2 rings (SSSR count). The molecule has 1 aromatic heterocycles. The number of anilines is 3. The van der Waals surface area contributed by atoms with Crippen LogP contribution in [0.5, 0.6) is 0 Å². The molecule has 0 saturated heterocycles. The maximum atomic E-state index is 6.25. The molecule has 0 radical (unpaired) electrons. The minimum absolute atomic E-state index is 0.683. The van der Waals surface area contributed by atoms with Gasteiger partial charge in [0.1, 0.15) is 17.5 Å². The lowest BCUT2D eigenvalue weighted by Crippen LogP contribution is -2.06. The fraction of sp³-hybridized carbons (Fsp3) is 0.333. The molecule has 0 aliphatic carbocycles. The minimum Gasteiger partial charge on any atom is -0.370 e. The topological polar surface area (TPSA) is 49.8 Å². The molecule has 0 unspecified atom stereocenters. The first kappa shape index (κ1) is 16.3. The number of hydrogen-bond donors (Lipinski definition) is 2. The van der Waals surface area contributed by atoms with Crippen molar-refractivity contribution in [2.75, 3.05) is 17.2 Å². The molecular weight excluding hydrogens is 399 g/mol. The largest absolute Gasteiger partial charge is 0.370 e. The monoisotopic (exact) mass is 416 g/mol. The summed E-state index contributed by atoms with van der Waals surface area (Å²) in [5, 5.41) is 7.18. The average Bonchev–Trinajstić information content (AvgIpc) is 2.42. The van der Waals surface area contributed by atoms with E-state index in [1.54, 1.807) is 0 Å². The van der Waals surface area contributed by atoms with Crippen molar-refractivity contribution in [3.8, 4) is 0 Å². The summed E-state index contributed by atoms with van der Waals surface area (Å²) in [5.41, 5.74) is 0.848. The number of aromatic nitrogens is 2. The maximum absolute atomic E-state index is 6.25. The quantitative estimate of drug-likeness (QED) is 0.660. The molecule has 0 aliphatic rings. The SMILES string of the molecule is CCCc1nc(NCC)cc(Nc2ccc(I)cc2Cl)n1. The van der Waals surface area contributed by atoms with Crippen molar-refractivity contribution < 1.29 is 0 Å². The van der Waals surface area contributed by atoms with Crippen LogP contribution in [0.4, 0.5) is 17.3 Å². The first-order valence-electron chi connectivity index (χ1n) is 6.96. The van der Waals surface area contributed by atoms with Gasteiger partial charge in [0.25, 0.3) is 0 Å². The summed E-state index contributed by atoms with van der Waals surface area (Å²) in [6.07, 6.45) is 1.87. The molecule has 0 amide bonds. The van der Waals surface area contributed by atoms with Crippen molar-refractivity contribution in [3.05, 3.63) is 38.7 Å². The summed E-state index contributed by atoms with van der Waals surface area (Å²) < 4.78 is 1.10. The molecule has 2 N–H and O–H groups in total. The predicted molar refractivity (Wildman–Crippen MR) is 97.6 cm³/mol. The van der Waals surface area contributed by atoms with Gasteiger partial charge in [-0.05, 0) is 54.1 Å². The third kappa shape index (κ3) is 4.71. The van der Waals surface area contributed by atoms with Gasteiger partial charge >= 0.3 is 0 Å². The van der Waals surface area contributed by atoms with E-state index in [-0.39, 0.29) is 0 Å². The van der Waals surface area contributed by atoms with Crippen molar-refractivity contribution in [1.82, 2.24) is 9.97 Å². The van der Waals surface area contributed by atoms with Gasteiger partial charge in [-0.15, -0.1) is 0 Å². The van der Waals surface area contributed by atoms with Crippen LogP contribution in [0.2, 0.25) is 5.02 Å². The Balaban J connectivity index is 2.29. The Morgan fingerprint density at radius 1 is 1.14 bits per heavy atom. The molecule has 0 aliphatic heterocycles. The van der Waals surface area contributed by atoms with Gasteiger partial charge in [-0.25, -0.2) is 9.97 Å². The highest BCUT2D eigenvalue weighted by Crippen LogP contribution is 2.27. The molecule has 1 heterocycles. The summed E-state index contributed by atoms with van der Waals surface area (Å²) in [4.78, 5) is 9.04. The van der Waals surface area contributed by atoms with E-state index in [1.807, 2.05) is 31.2 Å². The number of halogens is 2. The zero-order chi connectivity index (χ0) is 15.2. The molecular formula is C15H18ClIN4. The summed E-state index contributed by atoms with van der Waals surface area (Å²) >= 11 is 8.49. The number of aryl methyl sites for hydroxylation is 1. The van der Waals surface area contributed by atoms with Crippen LogP contribution in [-0.4, -0.2) is 16.5 Å². The Labute approximate surface area is 143 Å². The highest BCUT2D eigenvalue weighted by molar-refractivity contribution is 14.1. The van der Waals surface area contributed by atoms with E-state index in [0.717, 1.165) is 46.1 Å². The lowest BCUT2D eigenvalue weighted by Gasteiger charge is -2.11. The summed E-state index contributed by atoms with van der Waals surface area (Å²) in [6, 6.07) is 7.79. The van der Waals surface area contributed by atoms with Crippen molar-refractivity contribution in [3.63, 3.8) is 0 Å². The van der Waals surface area contributed by atoms with Gasteiger partial charge in [-0.3, -0.25) is 0 Å². The van der Waals surface area contributed by atoms with Gasteiger partial charge < -0.3 is 10.6 Å². The molecule has 0 fully saturated rings. The Morgan fingerprint density at radius 2 is 1.90 bits per heavy atom. The minimum atomic E-state index is 0.683. The molecule has 2 aromatic rings. The number of benzene rings is 1. The molecule has 0 atom stereocenters. The number of rotatable bonds is 6. The van der Waals surface area contributed by atoms with Gasteiger partial charge in [0.2, 0.25) is 0 Å². The van der Waals surface area contributed by atoms with Crippen LogP contribution in [0, 0.1) is 3.57 Å². The van der Waals surface area contributed by atoms with Crippen molar-refractivity contribution >= 4 is 51.5 Å². The van der Waals surface area contributed by atoms with E-state index in [9.17, 15) is 0 Å². The summed E-state index contributed by atoms with van der Waals surface area (Å²) in [7, 11) is 0. The summed E-state index contributed by atoms with van der Waals surface area (Å²) in [6.45, 7) is 4.99. The molecule has 1 aromatic carbocycles. The first-order valence-corrected chi connectivity index (χ1v) is 8.42. The smallest absolute Gasteiger partial charge is 0.136 e. The van der Waals surface area contributed by atoms with Crippen LogP contribution in [0.15, 0.2) is 24.3 Å². The highest BCUT2D eigenvalue weighted by atomic mass is 127. The van der Waals surface area contributed by atoms with Gasteiger partial charge in [-0.1, -0.05) is 18.5 Å². The normalized spacial score (nSPS) is 10.5. The lowest BCUT2D eigenvalue weighted by atomic mass is 10.3. The molecule has 112 valence electrons. The second kappa shape index (κ2) is 7.79. The van der Waals surface area contributed by atoms with Gasteiger partial charge in [0, 0.05) is 22.6 Å². The van der Waals surface area contributed by atoms with Crippen LogP contribution in [0.1, 0.15) is 26.1 Å². The predicted octanol–water partition coefficient (Wildman–Crippen LogP) is 4.86. The zero-order valence-corrected chi connectivity index (χ0v) is 15.0. The van der Waals surface area contributed by atoms with Crippen LogP contribution in [-0.2, 0) is 6.42 Å². The van der Waals surface area contributed by atoms with Gasteiger partial charge in [-0.2, -0.15) is 0 Å². The second-order valence-electron chi connectivity index (χ2n) is 4.58. The van der Waals surface area contributed by atoms with E-state index in [1.165, 1.54) is 0 Å². The molecule has 4 nitrogen and oxygen atoms in total. The maximum Gasteiger partial charge on any atom is 0.136 e. The number of hydrogen-bond acceptors (Lipinski definition) is 4. The van der Waals surface area contributed by atoms with Crippen molar-refractivity contribution in [2.45, 2.75) is 26.7 Å². The molecule has 0 bridgehead atoms. The van der Waals surface area contributed by atoms with Crippen LogP contribution in [0.25, 0.3) is 0 Å². The van der Waals surface area contributed by atoms with Crippen molar-refractivity contribution in [2.24, 2.45) is 0 Å². The second-order valence-corrected chi connectivity index (χ2v) is 6.24. The fourth-order valence-electron chi connectivity index (χ4n) is 1.90. The Bertz CT molecular complexity index is 594. The third-order valence-corrected chi connectivity index (χ3v) is 3.78. The first-order chi connectivity index (χ1) is 10.1. The Morgan fingerprint density at radius 3 is 2.57 bits per heavy atom. The Hall–Kier alpha value is -1.08. The summed E-state index contributed by atoms with van der Waals surface area (Å²) in [5.74, 6) is 2.42. The molecule has 6 heteroatoms. The third-order valence-electron chi connectivity index (χ3n) is 2.80. The average molecular weight is 417 g/mol. The van der Waals surface area contributed by atoms with Crippen molar-refractivity contribution in [1.29, 1.82) is 0 Å². The molecule has 0 saturated carbocycles. The van der Waals surface area contributed by atoms with Crippen LogP contribution < -0.4 is 10.6 Å². The highest BCUT2D eigenvalue weighted by Gasteiger charge is 2.07. The van der Waals surface area contributed by atoms with E-state index in [4.69, 9.17) is 11.6 Å². The van der Waals surface area contributed by atoms with Gasteiger partial charge in [0.15, 0.2) is 0 Å². The van der Waals surface area contributed by atoms with Crippen LogP contribution in [0.3, 0.4) is 0 Å². The zero-order valence-electron chi connectivity index (χ0n) is 12.1. The van der Waals surface area contributed by atoms with E-state index in [0.29, 0.717) is 5.02 Å². The van der Waals surface area contributed by atoms with E-state index in [2.05, 4.69) is 50.1 Å². The van der Waals surface area contributed by atoms with E-state index < -0.39 is 0 Å². The van der Waals surface area contributed by atoms with Gasteiger partial charge in [0.05, 0.1) is 10.7 Å². The van der Waals surface area contributed by atoms with E-state index >= 15 is 0 Å². The molecule has 0 spiro atoms. The lowest BCUT2D eigenvalue weighted by molar-refractivity contribution is 0.837. The number of nitrogens with zero attached hydrogens (tertiary/aromatic N) is 2. The van der Waals surface area contributed by atoms with Crippen LogP contribution >= 0.6 is 34.2 Å². The fourth-order valence-corrected chi connectivity index (χ4v) is 2.80. The Kier molecular flexibility index (Phi) is 6.05. The number of nitrogens with one attached hydrogen (secondary N) is 2.